The van der Waals surface area contributed by atoms with Gasteiger partial charge in [0, 0.05) is 16.6 Å². The van der Waals surface area contributed by atoms with Crippen molar-refractivity contribution in [2.75, 3.05) is 0 Å². The molecule has 26 heavy (non-hydrogen) atoms. The van der Waals surface area contributed by atoms with Crippen molar-refractivity contribution >= 4 is 38.6 Å². The maximum Gasteiger partial charge on any atom is 0.357 e. The lowest BCUT2D eigenvalue weighted by Crippen LogP contribution is -2.00. The van der Waals surface area contributed by atoms with Crippen molar-refractivity contribution in [2.45, 2.75) is 26.3 Å². The SMILES string of the molecule is CCCCn1cnc2c1ncn1c([N+](=O)[O-])c(-c3cccc(Br)c3)nc21. The highest BCUT2D eigenvalue weighted by Gasteiger charge is 2.27. The van der Waals surface area contributed by atoms with E-state index in [0.29, 0.717) is 28.1 Å². The Balaban J connectivity index is 1.98. The van der Waals surface area contributed by atoms with Gasteiger partial charge in [0.05, 0.1) is 6.33 Å². The zero-order chi connectivity index (χ0) is 18.3. The van der Waals surface area contributed by atoms with Crippen LogP contribution in [0.5, 0.6) is 0 Å². The summed E-state index contributed by atoms with van der Waals surface area (Å²) in [5.41, 5.74) is 2.65. The molecule has 8 nitrogen and oxygen atoms in total. The first-order chi connectivity index (χ1) is 12.6. The zero-order valence-electron chi connectivity index (χ0n) is 14.0. The van der Waals surface area contributed by atoms with Crippen molar-refractivity contribution in [1.82, 2.24) is 23.9 Å². The molecule has 3 heterocycles. The molecule has 1 aromatic carbocycles. The van der Waals surface area contributed by atoms with E-state index < -0.39 is 4.92 Å². The first-order valence-electron chi connectivity index (χ1n) is 8.22. The number of rotatable bonds is 5. The topological polar surface area (TPSA) is 91.2 Å². The van der Waals surface area contributed by atoms with Gasteiger partial charge in [-0.1, -0.05) is 41.4 Å². The molecule has 4 rings (SSSR count). The van der Waals surface area contributed by atoms with Crippen LogP contribution in [0.2, 0.25) is 0 Å². The smallest absolute Gasteiger partial charge is 0.357 e. The Labute approximate surface area is 156 Å². The van der Waals surface area contributed by atoms with Crippen molar-refractivity contribution in [3.63, 3.8) is 0 Å². The number of imidazole rings is 2. The second-order valence-electron chi connectivity index (χ2n) is 5.95. The molecule has 132 valence electrons. The minimum Gasteiger partial charge on any atom is -0.358 e. The molecular formula is C17H15BrN6O2. The highest BCUT2D eigenvalue weighted by molar-refractivity contribution is 9.10. The molecule has 0 saturated heterocycles. The Morgan fingerprint density at radius 1 is 1.23 bits per heavy atom. The molecule has 0 atom stereocenters. The minimum absolute atomic E-state index is 0.115. The Morgan fingerprint density at radius 3 is 2.81 bits per heavy atom. The van der Waals surface area contributed by atoms with Gasteiger partial charge >= 0.3 is 5.82 Å². The van der Waals surface area contributed by atoms with Crippen LogP contribution in [-0.2, 0) is 6.54 Å². The number of aromatic nitrogens is 5. The van der Waals surface area contributed by atoms with E-state index in [9.17, 15) is 10.1 Å². The van der Waals surface area contributed by atoms with Crippen LogP contribution in [0.1, 0.15) is 19.8 Å². The van der Waals surface area contributed by atoms with Gasteiger partial charge < -0.3 is 14.7 Å². The van der Waals surface area contributed by atoms with Crippen LogP contribution in [0, 0.1) is 10.1 Å². The number of hydrogen-bond acceptors (Lipinski definition) is 5. The van der Waals surface area contributed by atoms with E-state index in [0.717, 1.165) is 23.9 Å². The van der Waals surface area contributed by atoms with Crippen LogP contribution in [0.4, 0.5) is 5.82 Å². The van der Waals surface area contributed by atoms with Crippen molar-refractivity contribution in [3.05, 3.63) is 51.5 Å². The molecule has 0 aliphatic carbocycles. The van der Waals surface area contributed by atoms with E-state index in [4.69, 9.17) is 0 Å². The predicted octanol–water partition coefficient (Wildman–Crippen LogP) is 4.22. The first-order valence-corrected chi connectivity index (χ1v) is 9.01. The number of benzene rings is 1. The van der Waals surface area contributed by atoms with Gasteiger partial charge in [-0.25, -0.2) is 4.98 Å². The fourth-order valence-corrected chi connectivity index (χ4v) is 3.38. The largest absolute Gasteiger partial charge is 0.358 e. The lowest BCUT2D eigenvalue weighted by atomic mass is 10.1. The summed E-state index contributed by atoms with van der Waals surface area (Å²) >= 11 is 3.40. The van der Waals surface area contributed by atoms with Gasteiger partial charge in [0.15, 0.2) is 23.2 Å². The number of aryl methyl sites for hydroxylation is 1. The molecule has 0 aliphatic rings. The average molecular weight is 415 g/mol. The quantitative estimate of drug-likeness (QED) is 0.360. The van der Waals surface area contributed by atoms with Crippen LogP contribution in [0.25, 0.3) is 28.1 Å². The molecular weight excluding hydrogens is 400 g/mol. The van der Waals surface area contributed by atoms with Crippen molar-refractivity contribution in [2.24, 2.45) is 0 Å². The molecule has 0 amide bonds. The highest BCUT2D eigenvalue weighted by Crippen LogP contribution is 2.33. The van der Waals surface area contributed by atoms with Gasteiger partial charge in [0.25, 0.3) is 5.65 Å². The van der Waals surface area contributed by atoms with Gasteiger partial charge in [-0.15, -0.1) is 0 Å². The van der Waals surface area contributed by atoms with E-state index in [-0.39, 0.29) is 5.82 Å². The summed E-state index contributed by atoms with van der Waals surface area (Å²) in [6, 6.07) is 7.28. The fourth-order valence-electron chi connectivity index (χ4n) is 2.98. The maximum absolute atomic E-state index is 11.7. The molecule has 0 N–H and O–H groups in total. The van der Waals surface area contributed by atoms with Crippen molar-refractivity contribution in [1.29, 1.82) is 0 Å². The molecule has 0 spiro atoms. The average Bonchev–Trinajstić information content (AvgIpc) is 3.21. The van der Waals surface area contributed by atoms with Crippen molar-refractivity contribution < 1.29 is 4.92 Å². The first kappa shape index (κ1) is 16.6. The monoisotopic (exact) mass is 414 g/mol. The van der Waals surface area contributed by atoms with Gasteiger partial charge in [0.2, 0.25) is 0 Å². The highest BCUT2D eigenvalue weighted by atomic mass is 79.9. The predicted molar refractivity (Wildman–Crippen MR) is 101 cm³/mol. The number of halogens is 1. The van der Waals surface area contributed by atoms with E-state index in [1.165, 1.54) is 10.7 Å². The number of fused-ring (bicyclic) bond motifs is 3. The number of hydrogen-bond donors (Lipinski definition) is 0. The second kappa shape index (κ2) is 6.49. The summed E-state index contributed by atoms with van der Waals surface area (Å²) in [5, 5.41) is 11.7. The standard InChI is InChI=1S/C17H15BrN6O2/c1-2-3-7-22-9-19-14-15(22)20-10-23-16(14)21-13(17(23)24(25)26)11-5-4-6-12(18)8-11/h4-6,8-10H,2-3,7H2,1H3. The number of nitro groups is 1. The van der Waals surface area contributed by atoms with Gasteiger partial charge in [-0.2, -0.15) is 14.4 Å². The van der Waals surface area contributed by atoms with Crippen LogP contribution in [0.3, 0.4) is 0 Å². The summed E-state index contributed by atoms with van der Waals surface area (Å²) in [6.45, 7) is 2.92. The van der Waals surface area contributed by atoms with Gasteiger partial charge in [-0.3, -0.25) is 0 Å². The molecule has 0 unspecified atom stereocenters. The third kappa shape index (κ3) is 2.64. The summed E-state index contributed by atoms with van der Waals surface area (Å²) in [4.78, 5) is 24.6. The van der Waals surface area contributed by atoms with Crippen LogP contribution >= 0.6 is 15.9 Å². The molecule has 9 heteroatoms. The lowest BCUT2D eigenvalue weighted by molar-refractivity contribution is -0.389. The molecule has 0 radical (unpaired) electrons. The Kier molecular flexibility index (Phi) is 4.15. The summed E-state index contributed by atoms with van der Waals surface area (Å²) < 4.78 is 4.18. The van der Waals surface area contributed by atoms with Gasteiger partial charge in [-0.05, 0) is 23.5 Å². The zero-order valence-corrected chi connectivity index (χ0v) is 15.5. The Morgan fingerprint density at radius 2 is 2.08 bits per heavy atom. The summed E-state index contributed by atoms with van der Waals surface area (Å²) in [5.74, 6) is -0.115. The van der Waals surface area contributed by atoms with E-state index in [2.05, 4.69) is 37.8 Å². The fraction of sp³-hybridized carbons (Fsp3) is 0.235. The summed E-state index contributed by atoms with van der Waals surface area (Å²) in [6.07, 6.45) is 5.24. The van der Waals surface area contributed by atoms with Crippen molar-refractivity contribution in [3.8, 4) is 11.3 Å². The lowest BCUT2D eigenvalue weighted by Gasteiger charge is -2.01. The summed E-state index contributed by atoms with van der Waals surface area (Å²) in [7, 11) is 0. The van der Waals surface area contributed by atoms with Crippen LogP contribution < -0.4 is 0 Å². The third-order valence-electron chi connectivity index (χ3n) is 4.23. The van der Waals surface area contributed by atoms with E-state index in [1.807, 2.05) is 16.7 Å². The Hall–Kier alpha value is -2.81. The second-order valence-corrected chi connectivity index (χ2v) is 6.87. The van der Waals surface area contributed by atoms with Crippen LogP contribution in [0.15, 0.2) is 41.4 Å². The molecule has 0 fully saturated rings. The molecule has 0 bridgehead atoms. The van der Waals surface area contributed by atoms with E-state index in [1.54, 1.807) is 18.5 Å². The molecule has 3 aromatic heterocycles. The molecule has 4 aromatic rings. The normalized spacial score (nSPS) is 11.5. The van der Waals surface area contributed by atoms with Gasteiger partial charge in [0.1, 0.15) is 0 Å². The third-order valence-corrected chi connectivity index (χ3v) is 4.72. The molecule has 0 aliphatic heterocycles. The van der Waals surface area contributed by atoms with E-state index >= 15 is 0 Å². The molecule has 0 saturated carbocycles. The van der Waals surface area contributed by atoms with Crippen LogP contribution in [-0.4, -0.2) is 28.8 Å². The number of nitrogens with zero attached hydrogens (tertiary/aromatic N) is 6. The maximum atomic E-state index is 11.7. The number of unbranched alkanes of at least 4 members (excludes halogenated alkanes) is 1. The Bertz CT molecular complexity index is 1130. The minimum atomic E-state index is -0.433.